The lowest BCUT2D eigenvalue weighted by Gasteiger charge is -2.17. The average molecular weight is 330 g/mol. The number of aryl methyl sites for hydroxylation is 1. The smallest absolute Gasteiger partial charge is 0.287 e. The first-order valence-corrected chi connectivity index (χ1v) is 7.90. The molecule has 3 rings (SSSR count). The van der Waals surface area contributed by atoms with Crippen molar-refractivity contribution in [3.63, 3.8) is 0 Å². The Bertz CT molecular complexity index is 739. The number of hydrogen-bond acceptors (Lipinski definition) is 3. The van der Waals surface area contributed by atoms with E-state index in [4.69, 9.17) is 4.42 Å². The number of carbonyl (C=O) groups is 2. The predicted molar refractivity (Wildman–Crippen MR) is 86.0 cm³/mol. The van der Waals surface area contributed by atoms with Crippen LogP contribution in [0.4, 0.5) is 4.39 Å². The molecule has 0 spiro atoms. The molecule has 1 aliphatic heterocycles. The number of benzene rings is 1. The van der Waals surface area contributed by atoms with Crippen LogP contribution in [0.1, 0.15) is 28.1 Å². The van der Waals surface area contributed by atoms with Gasteiger partial charge in [-0.1, -0.05) is 12.1 Å². The lowest BCUT2D eigenvalue weighted by atomic mass is 10.1. The van der Waals surface area contributed by atoms with E-state index in [1.165, 1.54) is 18.4 Å². The van der Waals surface area contributed by atoms with Crippen molar-refractivity contribution in [1.82, 2.24) is 10.2 Å². The molecule has 2 aromatic rings. The molecule has 1 saturated heterocycles. The van der Waals surface area contributed by atoms with Crippen molar-refractivity contribution in [2.45, 2.75) is 25.8 Å². The molecule has 2 heterocycles. The van der Waals surface area contributed by atoms with E-state index >= 15 is 0 Å². The van der Waals surface area contributed by atoms with Crippen molar-refractivity contribution in [3.8, 4) is 0 Å². The third-order valence-corrected chi connectivity index (χ3v) is 4.20. The highest BCUT2D eigenvalue weighted by Gasteiger charge is 2.31. The van der Waals surface area contributed by atoms with E-state index in [9.17, 15) is 14.0 Å². The SMILES string of the molecule is Cc1ccoc1C(=O)NC1CC(=O)N(CCc2ccc(F)cc2)C1. The first kappa shape index (κ1) is 16.2. The summed E-state index contributed by atoms with van der Waals surface area (Å²) in [5.74, 6) is -0.270. The van der Waals surface area contributed by atoms with E-state index in [-0.39, 0.29) is 35.9 Å². The Morgan fingerprint density at radius 1 is 1.33 bits per heavy atom. The van der Waals surface area contributed by atoms with E-state index in [1.807, 2.05) is 0 Å². The monoisotopic (exact) mass is 330 g/mol. The molecule has 0 bridgehead atoms. The summed E-state index contributed by atoms with van der Waals surface area (Å²) in [5, 5.41) is 2.84. The van der Waals surface area contributed by atoms with E-state index in [0.29, 0.717) is 19.5 Å². The summed E-state index contributed by atoms with van der Waals surface area (Å²) in [6, 6.07) is 7.77. The fourth-order valence-corrected chi connectivity index (χ4v) is 2.86. The quantitative estimate of drug-likeness (QED) is 0.915. The molecule has 0 radical (unpaired) electrons. The maximum absolute atomic E-state index is 12.9. The summed E-state index contributed by atoms with van der Waals surface area (Å²) in [4.78, 5) is 25.9. The Hall–Kier alpha value is -2.63. The van der Waals surface area contributed by atoms with Gasteiger partial charge in [-0.05, 0) is 37.1 Å². The number of rotatable bonds is 5. The molecule has 2 amide bonds. The van der Waals surface area contributed by atoms with E-state index < -0.39 is 0 Å². The molecule has 1 atom stereocenters. The van der Waals surface area contributed by atoms with Gasteiger partial charge in [-0.3, -0.25) is 9.59 Å². The van der Waals surface area contributed by atoms with Crippen LogP contribution in [0.3, 0.4) is 0 Å². The van der Waals surface area contributed by atoms with Gasteiger partial charge in [0.2, 0.25) is 5.91 Å². The molecule has 5 nitrogen and oxygen atoms in total. The number of nitrogens with one attached hydrogen (secondary N) is 1. The molecule has 0 aliphatic carbocycles. The van der Waals surface area contributed by atoms with Crippen molar-refractivity contribution in [3.05, 3.63) is 59.3 Å². The zero-order valence-corrected chi connectivity index (χ0v) is 13.4. The topological polar surface area (TPSA) is 62.6 Å². The number of likely N-dealkylation sites (tertiary alicyclic amines) is 1. The number of carbonyl (C=O) groups excluding carboxylic acids is 2. The van der Waals surface area contributed by atoms with Crippen LogP contribution in [0.25, 0.3) is 0 Å². The molecule has 1 aromatic carbocycles. The summed E-state index contributed by atoms with van der Waals surface area (Å²) in [7, 11) is 0. The Morgan fingerprint density at radius 2 is 2.08 bits per heavy atom. The van der Waals surface area contributed by atoms with Gasteiger partial charge in [0.05, 0.1) is 12.3 Å². The van der Waals surface area contributed by atoms with Gasteiger partial charge in [0.15, 0.2) is 5.76 Å². The van der Waals surface area contributed by atoms with Crippen molar-refractivity contribution in [1.29, 1.82) is 0 Å². The zero-order chi connectivity index (χ0) is 17.1. The molecule has 1 aromatic heterocycles. The summed E-state index contributed by atoms with van der Waals surface area (Å²) >= 11 is 0. The van der Waals surface area contributed by atoms with E-state index in [0.717, 1.165) is 11.1 Å². The molecule has 1 fully saturated rings. The molecule has 24 heavy (non-hydrogen) atoms. The zero-order valence-electron chi connectivity index (χ0n) is 13.4. The van der Waals surface area contributed by atoms with Crippen LogP contribution in [0, 0.1) is 12.7 Å². The normalized spacial score (nSPS) is 17.3. The summed E-state index contributed by atoms with van der Waals surface area (Å²) in [6.45, 7) is 2.83. The maximum atomic E-state index is 12.9. The van der Waals surface area contributed by atoms with Gasteiger partial charge in [-0.25, -0.2) is 4.39 Å². The molecule has 1 aliphatic rings. The third kappa shape index (κ3) is 3.64. The van der Waals surface area contributed by atoms with Crippen molar-refractivity contribution in [2.75, 3.05) is 13.1 Å². The highest BCUT2D eigenvalue weighted by molar-refractivity contribution is 5.93. The maximum Gasteiger partial charge on any atom is 0.287 e. The minimum absolute atomic E-state index is 0.0126. The highest BCUT2D eigenvalue weighted by Crippen LogP contribution is 2.15. The lowest BCUT2D eigenvalue weighted by molar-refractivity contribution is -0.127. The summed E-state index contributed by atoms with van der Waals surface area (Å²) in [5.41, 5.74) is 1.74. The van der Waals surface area contributed by atoms with Crippen LogP contribution in [0.5, 0.6) is 0 Å². The fourth-order valence-electron chi connectivity index (χ4n) is 2.86. The van der Waals surface area contributed by atoms with Crippen LogP contribution in [-0.4, -0.2) is 35.8 Å². The molecule has 1 N–H and O–H groups in total. The second kappa shape index (κ2) is 6.86. The molecular formula is C18H19FN2O3. The Kier molecular flexibility index (Phi) is 4.64. The second-order valence-corrected chi connectivity index (χ2v) is 6.02. The van der Waals surface area contributed by atoms with Gasteiger partial charge in [0, 0.05) is 25.1 Å². The average Bonchev–Trinajstić information content (AvgIpc) is 3.12. The number of amides is 2. The van der Waals surface area contributed by atoms with E-state index in [1.54, 1.807) is 30.0 Å². The third-order valence-electron chi connectivity index (χ3n) is 4.20. The van der Waals surface area contributed by atoms with Crippen LogP contribution in [-0.2, 0) is 11.2 Å². The van der Waals surface area contributed by atoms with Gasteiger partial charge >= 0.3 is 0 Å². The Morgan fingerprint density at radius 3 is 2.75 bits per heavy atom. The van der Waals surface area contributed by atoms with Crippen molar-refractivity contribution >= 4 is 11.8 Å². The molecular weight excluding hydrogens is 311 g/mol. The highest BCUT2D eigenvalue weighted by atomic mass is 19.1. The molecule has 6 heteroatoms. The largest absolute Gasteiger partial charge is 0.459 e. The van der Waals surface area contributed by atoms with Crippen LogP contribution in [0.15, 0.2) is 41.0 Å². The molecule has 126 valence electrons. The first-order valence-electron chi connectivity index (χ1n) is 7.90. The van der Waals surface area contributed by atoms with Crippen LogP contribution < -0.4 is 5.32 Å². The number of nitrogens with zero attached hydrogens (tertiary/aromatic N) is 1. The second-order valence-electron chi connectivity index (χ2n) is 6.02. The minimum atomic E-state index is -0.296. The van der Waals surface area contributed by atoms with Gasteiger partial charge in [-0.2, -0.15) is 0 Å². The summed E-state index contributed by atoms with van der Waals surface area (Å²) in [6.07, 6.45) is 2.41. The first-order chi connectivity index (χ1) is 11.5. The van der Waals surface area contributed by atoms with Gasteiger partial charge < -0.3 is 14.6 Å². The lowest BCUT2D eigenvalue weighted by Crippen LogP contribution is -2.37. The van der Waals surface area contributed by atoms with Gasteiger partial charge in [0.1, 0.15) is 5.82 Å². The van der Waals surface area contributed by atoms with Crippen molar-refractivity contribution < 1.29 is 18.4 Å². The number of hydrogen-bond donors (Lipinski definition) is 1. The number of furan rings is 1. The standard InChI is InChI=1S/C18H19FN2O3/c1-12-7-9-24-17(12)18(23)20-15-10-16(22)21(11-15)8-6-13-2-4-14(19)5-3-13/h2-5,7,9,15H,6,8,10-11H2,1H3,(H,20,23). The van der Waals surface area contributed by atoms with Gasteiger partial charge in [-0.15, -0.1) is 0 Å². The number of halogens is 1. The fraction of sp³-hybridized carbons (Fsp3) is 0.333. The Labute approximate surface area is 139 Å². The predicted octanol–water partition coefficient (Wildman–Crippen LogP) is 2.30. The van der Waals surface area contributed by atoms with Gasteiger partial charge in [0.25, 0.3) is 5.91 Å². The molecule has 1 unspecified atom stereocenters. The van der Waals surface area contributed by atoms with Crippen LogP contribution >= 0.6 is 0 Å². The van der Waals surface area contributed by atoms with Crippen molar-refractivity contribution in [2.24, 2.45) is 0 Å². The van der Waals surface area contributed by atoms with Crippen LogP contribution in [0.2, 0.25) is 0 Å². The minimum Gasteiger partial charge on any atom is -0.459 e. The van der Waals surface area contributed by atoms with E-state index in [2.05, 4.69) is 5.32 Å². The Balaban J connectivity index is 1.53. The summed E-state index contributed by atoms with van der Waals surface area (Å²) < 4.78 is 18.1. The molecule has 0 saturated carbocycles.